The molecule has 0 aromatic heterocycles. The van der Waals surface area contributed by atoms with Gasteiger partial charge in [-0.1, -0.05) is 18.5 Å². The normalized spacial score (nSPS) is 26.8. The average Bonchev–Trinajstić information content (AvgIpc) is 2.32. The highest BCUT2D eigenvalue weighted by atomic mass is 35.5. The third-order valence-electron chi connectivity index (χ3n) is 2.98. The molecule has 0 bridgehead atoms. The fraction of sp³-hybridized carbons (Fsp3) is 0.538. The Hall–Kier alpha value is -0.840. The first-order chi connectivity index (χ1) is 8.61. The van der Waals surface area contributed by atoms with Crippen molar-refractivity contribution in [1.82, 2.24) is 0 Å². The number of benzene rings is 1. The van der Waals surface area contributed by atoms with Crippen LogP contribution in [0.2, 0.25) is 5.02 Å². The fourth-order valence-electron chi connectivity index (χ4n) is 1.95. The van der Waals surface area contributed by atoms with Gasteiger partial charge < -0.3 is 15.2 Å². The second kappa shape index (κ2) is 5.87. The smallest absolute Gasteiger partial charge is 0.138 e. The van der Waals surface area contributed by atoms with Crippen LogP contribution in [0.3, 0.4) is 0 Å². The van der Waals surface area contributed by atoms with E-state index < -0.39 is 0 Å². The van der Waals surface area contributed by atoms with Gasteiger partial charge in [-0.3, -0.25) is 0 Å². The van der Waals surface area contributed by atoms with Crippen molar-refractivity contribution in [2.24, 2.45) is 5.73 Å². The minimum atomic E-state index is -0.378. The number of hydrogen-bond acceptors (Lipinski definition) is 3. The van der Waals surface area contributed by atoms with Crippen LogP contribution in [0.25, 0.3) is 0 Å². The summed E-state index contributed by atoms with van der Waals surface area (Å²) in [4.78, 5) is 0. The molecule has 3 unspecified atom stereocenters. The minimum Gasteiger partial charge on any atom is -0.486 e. The largest absolute Gasteiger partial charge is 0.486 e. The summed E-state index contributed by atoms with van der Waals surface area (Å²) in [5.74, 6) is 0.0940. The molecule has 18 heavy (non-hydrogen) atoms. The maximum Gasteiger partial charge on any atom is 0.138 e. The summed E-state index contributed by atoms with van der Waals surface area (Å²) in [6, 6.07) is 4.08. The number of hydrogen-bond donors (Lipinski definition) is 1. The molecule has 0 heterocycles. The highest BCUT2D eigenvalue weighted by Gasteiger charge is 2.41. The Morgan fingerprint density at radius 3 is 2.89 bits per heavy atom. The van der Waals surface area contributed by atoms with Crippen LogP contribution in [-0.4, -0.2) is 24.9 Å². The zero-order valence-electron chi connectivity index (χ0n) is 10.2. The molecule has 0 saturated heterocycles. The summed E-state index contributed by atoms with van der Waals surface area (Å²) in [7, 11) is 0. The molecule has 2 N–H and O–H groups in total. The Morgan fingerprint density at radius 2 is 2.28 bits per heavy atom. The molecule has 1 aliphatic rings. The summed E-state index contributed by atoms with van der Waals surface area (Å²) in [6.07, 6.45) is 1.45. The zero-order valence-corrected chi connectivity index (χ0v) is 11.0. The first-order valence-corrected chi connectivity index (χ1v) is 6.48. The molecule has 1 aliphatic carbocycles. The summed E-state index contributed by atoms with van der Waals surface area (Å²) < 4.78 is 24.2. The standard InChI is InChI=1S/C13H17ClFNO2/c1-2-5-17-13-10(16)7-12(13)18-11-4-3-8(15)6-9(11)14/h3-4,6,10,12-13H,2,5,7,16H2,1H3. The lowest BCUT2D eigenvalue weighted by molar-refractivity contribution is -0.0979. The maximum atomic E-state index is 12.9. The quantitative estimate of drug-likeness (QED) is 0.897. The molecule has 3 nitrogen and oxygen atoms in total. The number of rotatable bonds is 5. The molecule has 1 aromatic rings. The van der Waals surface area contributed by atoms with Crippen LogP contribution in [0.1, 0.15) is 19.8 Å². The van der Waals surface area contributed by atoms with Crippen molar-refractivity contribution in [3.05, 3.63) is 29.0 Å². The molecule has 1 fully saturated rings. The van der Waals surface area contributed by atoms with Crippen molar-refractivity contribution >= 4 is 11.6 Å². The van der Waals surface area contributed by atoms with Crippen LogP contribution in [0.4, 0.5) is 4.39 Å². The molecule has 1 saturated carbocycles. The average molecular weight is 274 g/mol. The van der Waals surface area contributed by atoms with E-state index in [2.05, 4.69) is 0 Å². The third kappa shape index (κ3) is 2.94. The summed E-state index contributed by atoms with van der Waals surface area (Å²) in [5, 5.41) is 0.268. The van der Waals surface area contributed by atoms with Gasteiger partial charge in [-0.15, -0.1) is 0 Å². The molecule has 0 spiro atoms. The van der Waals surface area contributed by atoms with Gasteiger partial charge >= 0.3 is 0 Å². The van der Waals surface area contributed by atoms with Crippen LogP contribution >= 0.6 is 11.6 Å². The van der Waals surface area contributed by atoms with E-state index in [4.69, 9.17) is 26.8 Å². The lowest BCUT2D eigenvalue weighted by atomic mass is 9.86. The zero-order chi connectivity index (χ0) is 13.1. The number of ether oxygens (including phenoxy) is 2. The highest BCUT2D eigenvalue weighted by molar-refractivity contribution is 6.32. The lowest BCUT2D eigenvalue weighted by Crippen LogP contribution is -2.59. The third-order valence-corrected chi connectivity index (χ3v) is 3.27. The Morgan fingerprint density at radius 1 is 1.50 bits per heavy atom. The molecule has 1 aromatic carbocycles. The van der Waals surface area contributed by atoms with Crippen molar-refractivity contribution in [1.29, 1.82) is 0 Å². The minimum absolute atomic E-state index is 0.000717. The van der Waals surface area contributed by atoms with E-state index in [1.54, 1.807) is 0 Å². The van der Waals surface area contributed by atoms with Crippen LogP contribution in [0.5, 0.6) is 5.75 Å². The van der Waals surface area contributed by atoms with Gasteiger partial charge in [0, 0.05) is 19.1 Å². The van der Waals surface area contributed by atoms with Gasteiger partial charge in [-0.2, -0.15) is 0 Å². The summed E-state index contributed by atoms with van der Waals surface area (Å²) in [5.41, 5.74) is 5.87. The van der Waals surface area contributed by atoms with Gasteiger partial charge in [0.25, 0.3) is 0 Å². The summed E-state index contributed by atoms with van der Waals surface area (Å²) >= 11 is 5.91. The Labute approximate surface area is 111 Å². The Bertz CT molecular complexity index is 416. The molecule has 5 heteroatoms. The molecule has 0 amide bonds. The topological polar surface area (TPSA) is 44.5 Å². The molecule has 3 atom stereocenters. The lowest BCUT2D eigenvalue weighted by Gasteiger charge is -2.41. The highest BCUT2D eigenvalue weighted by Crippen LogP contribution is 2.32. The first kappa shape index (κ1) is 13.6. The SMILES string of the molecule is CCCOC1C(N)CC1Oc1ccc(F)cc1Cl. The fourth-order valence-corrected chi connectivity index (χ4v) is 2.16. The molecule has 2 rings (SSSR count). The molecular weight excluding hydrogens is 257 g/mol. The molecule has 100 valence electrons. The monoisotopic (exact) mass is 273 g/mol. The Kier molecular flexibility index (Phi) is 4.43. The van der Waals surface area contributed by atoms with Gasteiger partial charge in [0.2, 0.25) is 0 Å². The molecule has 0 radical (unpaired) electrons. The van der Waals surface area contributed by atoms with E-state index in [0.717, 1.165) is 12.8 Å². The van der Waals surface area contributed by atoms with E-state index in [-0.39, 0.29) is 29.1 Å². The first-order valence-electron chi connectivity index (χ1n) is 6.10. The van der Waals surface area contributed by atoms with Crippen LogP contribution in [0, 0.1) is 5.82 Å². The van der Waals surface area contributed by atoms with Crippen LogP contribution < -0.4 is 10.5 Å². The predicted molar refractivity (Wildman–Crippen MR) is 68.4 cm³/mol. The second-order valence-electron chi connectivity index (χ2n) is 4.47. The van der Waals surface area contributed by atoms with Gasteiger partial charge in [-0.05, 0) is 24.6 Å². The van der Waals surface area contributed by atoms with Crippen molar-refractivity contribution in [3.63, 3.8) is 0 Å². The van der Waals surface area contributed by atoms with E-state index in [0.29, 0.717) is 12.4 Å². The summed E-state index contributed by atoms with van der Waals surface area (Å²) in [6.45, 7) is 2.70. The second-order valence-corrected chi connectivity index (χ2v) is 4.87. The van der Waals surface area contributed by atoms with Crippen LogP contribution in [0.15, 0.2) is 18.2 Å². The van der Waals surface area contributed by atoms with Crippen molar-refractivity contribution in [3.8, 4) is 5.75 Å². The van der Waals surface area contributed by atoms with E-state index in [9.17, 15) is 4.39 Å². The Balaban J connectivity index is 1.96. The van der Waals surface area contributed by atoms with Gasteiger partial charge in [-0.25, -0.2) is 4.39 Å². The van der Waals surface area contributed by atoms with Gasteiger partial charge in [0.1, 0.15) is 23.8 Å². The van der Waals surface area contributed by atoms with E-state index in [1.807, 2.05) is 6.92 Å². The maximum absolute atomic E-state index is 12.9. The van der Waals surface area contributed by atoms with Crippen molar-refractivity contribution in [2.45, 2.75) is 38.0 Å². The number of nitrogens with two attached hydrogens (primary N) is 1. The van der Waals surface area contributed by atoms with Gasteiger partial charge in [0.05, 0.1) is 5.02 Å². The van der Waals surface area contributed by atoms with Crippen LogP contribution in [-0.2, 0) is 4.74 Å². The molecule has 0 aliphatic heterocycles. The van der Waals surface area contributed by atoms with E-state index >= 15 is 0 Å². The van der Waals surface area contributed by atoms with Crippen molar-refractivity contribution < 1.29 is 13.9 Å². The van der Waals surface area contributed by atoms with Gasteiger partial charge in [0.15, 0.2) is 0 Å². The molecular formula is C13H17ClFNO2. The van der Waals surface area contributed by atoms with Crippen molar-refractivity contribution in [2.75, 3.05) is 6.61 Å². The van der Waals surface area contributed by atoms with E-state index in [1.165, 1.54) is 18.2 Å². The predicted octanol–water partition coefficient (Wildman–Crippen LogP) is 2.75. The number of halogens is 2.